The van der Waals surface area contributed by atoms with E-state index in [4.69, 9.17) is 0 Å². The highest BCUT2D eigenvalue weighted by Crippen LogP contribution is 2.60. The molecule has 5 nitrogen and oxygen atoms in total. The molecule has 0 aliphatic heterocycles. The van der Waals surface area contributed by atoms with Crippen molar-refractivity contribution in [2.24, 2.45) is 23.2 Å². The van der Waals surface area contributed by atoms with Crippen LogP contribution in [0.4, 0.5) is 11.4 Å². The molecule has 2 N–H and O–H groups in total. The fourth-order valence-corrected chi connectivity index (χ4v) is 5.99. The monoisotopic (exact) mass is 375 g/mol. The third-order valence-electron chi connectivity index (χ3n) is 6.84. The number of nitrogens with zero attached hydrogens (tertiary/aromatic N) is 1. The van der Waals surface area contributed by atoms with Gasteiger partial charge in [-0.1, -0.05) is 0 Å². The Morgan fingerprint density at radius 3 is 1.96 bits per heavy atom. The molecule has 1 aromatic carbocycles. The van der Waals surface area contributed by atoms with Gasteiger partial charge in [0.1, 0.15) is 0 Å². The van der Waals surface area contributed by atoms with E-state index in [0.717, 1.165) is 42.7 Å². The molecular formula is C23H25N3O2. The number of pyridine rings is 1. The highest BCUT2D eigenvalue weighted by atomic mass is 16.2. The van der Waals surface area contributed by atoms with Crippen LogP contribution in [0.3, 0.4) is 0 Å². The van der Waals surface area contributed by atoms with E-state index < -0.39 is 0 Å². The smallest absolute Gasteiger partial charge is 0.257 e. The van der Waals surface area contributed by atoms with Crippen molar-refractivity contribution in [2.75, 3.05) is 10.6 Å². The zero-order valence-electron chi connectivity index (χ0n) is 15.9. The Balaban J connectivity index is 1.24. The molecule has 4 aliphatic carbocycles. The fraction of sp³-hybridized carbons (Fsp3) is 0.435. The molecule has 2 amide bonds. The summed E-state index contributed by atoms with van der Waals surface area (Å²) in [5, 5.41) is 6.01. The number of nitrogens with one attached hydrogen (secondary N) is 2. The van der Waals surface area contributed by atoms with Crippen LogP contribution in [-0.2, 0) is 4.79 Å². The lowest BCUT2D eigenvalue weighted by Crippen LogP contribution is -2.51. The largest absolute Gasteiger partial charge is 0.326 e. The quantitative estimate of drug-likeness (QED) is 0.827. The Bertz CT molecular complexity index is 857. The molecule has 28 heavy (non-hydrogen) atoms. The molecule has 0 unspecified atom stereocenters. The second kappa shape index (κ2) is 6.73. The van der Waals surface area contributed by atoms with E-state index in [9.17, 15) is 9.59 Å². The number of rotatable bonds is 4. The standard InChI is InChI=1S/C23H25N3O2/c27-21(18-2-1-7-24-14-18)25-19-3-5-20(6-4-19)26-22(28)23-11-15-8-16(12-23)10-17(9-15)13-23/h1-7,14-17H,8-13H2,(H,25,27)(H,26,28). The van der Waals surface area contributed by atoms with Crippen molar-refractivity contribution in [1.82, 2.24) is 4.98 Å². The molecule has 4 bridgehead atoms. The van der Waals surface area contributed by atoms with Crippen LogP contribution in [0.5, 0.6) is 0 Å². The van der Waals surface area contributed by atoms with Gasteiger partial charge in [0.25, 0.3) is 5.91 Å². The van der Waals surface area contributed by atoms with Crippen molar-refractivity contribution in [2.45, 2.75) is 38.5 Å². The van der Waals surface area contributed by atoms with Crippen LogP contribution >= 0.6 is 0 Å². The molecule has 1 heterocycles. The molecule has 4 saturated carbocycles. The molecular weight excluding hydrogens is 350 g/mol. The van der Waals surface area contributed by atoms with Gasteiger partial charge in [0.05, 0.1) is 11.0 Å². The van der Waals surface area contributed by atoms with Gasteiger partial charge in [-0.05, 0) is 92.7 Å². The number of carbonyl (C=O) groups excluding carboxylic acids is 2. The van der Waals surface area contributed by atoms with Gasteiger partial charge in [0.15, 0.2) is 0 Å². The van der Waals surface area contributed by atoms with Crippen LogP contribution in [0.25, 0.3) is 0 Å². The van der Waals surface area contributed by atoms with Crippen LogP contribution in [0.15, 0.2) is 48.8 Å². The van der Waals surface area contributed by atoms with Crippen LogP contribution in [-0.4, -0.2) is 16.8 Å². The van der Waals surface area contributed by atoms with Gasteiger partial charge in [0, 0.05) is 23.8 Å². The van der Waals surface area contributed by atoms with Crippen molar-refractivity contribution >= 4 is 23.2 Å². The first-order chi connectivity index (χ1) is 13.6. The first-order valence-electron chi connectivity index (χ1n) is 10.2. The highest BCUT2D eigenvalue weighted by Gasteiger charge is 2.54. The first kappa shape index (κ1) is 17.4. The molecule has 2 aromatic rings. The molecule has 144 valence electrons. The molecule has 5 heteroatoms. The summed E-state index contributed by atoms with van der Waals surface area (Å²) < 4.78 is 0. The van der Waals surface area contributed by atoms with Crippen LogP contribution in [0, 0.1) is 23.2 Å². The number of aromatic nitrogens is 1. The number of amides is 2. The van der Waals surface area contributed by atoms with Crippen molar-refractivity contribution in [3.63, 3.8) is 0 Å². The average Bonchev–Trinajstić information content (AvgIpc) is 2.69. The molecule has 6 rings (SSSR count). The maximum Gasteiger partial charge on any atom is 0.257 e. The molecule has 1 aromatic heterocycles. The van der Waals surface area contributed by atoms with Crippen LogP contribution in [0.2, 0.25) is 0 Å². The summed E-state index contributed by atoms with van der Waals surface area (Å²) in [4.78, 5) is 29.3. The van der Waals surface area contributed by atoms with Crippen molar-refractivity contribution in [3.8, 4) is 0 Å². The molecule has 4 fully saturated rings. The summed E-state index contributed by atoms with van der Waals surface area (Å²) in [6, 6.07) is 10.8. The SMILES string of the molecule is O=C(Nc1ccc(NC(=O)C23CC4CC(CC(C4)C2)C3)cc1)c1cccnc1. The Labute approximate surface area is 164 Å². The van der Waals surface area contributed by atoms with Gasteiger partial charge in [-0.2, -0.15) is 0 Å². The van der Waals surface area contributed by atoms with E-state index in [2.05, 4.69) is 15.6 Å². The van der Waals surface area contributed by atoms with Crippen LogP contribution < -0.4 is 10.6 Å². The molecule has 0 atom stereocenters. The number of benzene rings is 1. The average molecular weight is 375 g/mol. The normalized spacial score (nSPS) is 30.1. The summed E-state index contributed by atoms with van der Waals surface area (Å²) in [5.74, 6) is 2.25. The molecule has 0 saturated heterocycles. The van der Waals surface area contributed by atoms with Gasteiger partial charge >= 0.3 is 0 Å². The lowest BCUT2D eigenvalue weighted by atomic mass is 9.49. The summed E-state index contributed by atoms with van der Waals surface area (Å²) in [5.41, 5.74) is 1.85. The van der Waals surface area contributed by atoms with E-state index >= 15 is 0 Å². The Morgan fingerprint density at radius 1 is 0.857 bits per heavy atom. The van der Waals surface area contributed by atoms with Gasteiger partial charge in [-0.3, -0.25) is 14.6 Å². The third-order valence-corrected chi connectivity index (χ3v) is 6.84. The Morgan fingerprint density at radius 2 is 1.43 bits per heavy atom. The minimum Gasteiger partial charge on any atom is -0.326 e. The lowest BCUT2D eigenvalue weighted by Gasteiger charge is -2.55. The number of hydrogen-bond donors (Lipinski definition) is 2. The molecule has 4 aliphatic rings. The molecule has 0 spiro atoms. The Hall–Kier alpha value is -2.69. The number of anilines is 2. The lowest BCUT2D eigenvalue weighted by molar-refractivity contribution is -0.140. The predicted molar refractivity (Wildman–Crippen MR) is 108 cm³/mol. The first-order valence-corrected chi connectivity index (χ1v) is 10.2. The third kappa shape index (κ3) is 3.19. The van der Waals surface area contributed by atoms with Crippen molar-refractivity contribution in [1.29, 1.82) is 0 Å². The summed E-state index contributed by atoms with van der Waals surface area (Å²) in [7, 11) is 0. The maximum absolute atomic E-state index is 13.1. The van der Waals surface area contributed by atoms with Gasteiger partial charge in [-0.25, -0.2) is 0 Å². The van der Waals surface area contributed by atoms with Gasteiger partial charge in [-0.15, -0.1) is 0 Å². The Kier molecular flexibility index (Phi) is 4.18. The zero-order valence-corrected chi connectivity index (χ0v) is 15.9. The van der Waals surface area contributed by atoms with E-state index in [1.165, 1.54) is 25.5 Å². The molecule has 0 radical (unpaired) electrons. The summed E-state index contributed by atoms with van der Waals surface area (Å²) in [6.45, 7) is 0. The second-order valence-electron chi connectivity index (χ2n) is 8.93. The van der Waals surface area contributed by atoms with Gasteiger partial charge in [0.2, 0.25) is 5.91 Å². The predicted octanol–water partition coefficient (Wildman–Crippen LogP) is 4.49. The zero-order chi connectivity index (χ0) is 19.1. The van der Waals surface area contributed by atoms with E-state index in [1.54, 1.807) is 18.3 Å². The van der Waals surface area contributed by atoms with Crippen molar-refractivity contribution < 1.29 is 9.59 Å². The number of hydrogen-bond acceptors (Lipinski definition) is 3. The van der Waals surface area contributed by atoms with Gasteiger partial charge < -0.3 is 10.6 Å². The van der Waals surface area contributed by atoms with E-state index in [-0.39, 0.29) is 17.2 Å². The van der Waals surface area contributed by atoms with E-state index in [1.807, 2.05) is 24.3 Å². The summed E-state index contributed by atoms with van der Waals surface area (Å²) in [6.07, 6.45) is 10.3. The fourth-order valence-electron chi connectivity index (χ4n) is 5.99. The summed E-state index contributed by atoms with van der Waals surface area (Å²) >= 11 is 0. The maximum atomic E-state index is 13.1. The topological polar surface area (TPSA) is 71.1 Å². The second-order valence-corrected chi connectivity index (χ2v) is 8.93. The minimum absolute atomic E-state index is 0.151. The highest BCUT2D eigenvalue weighted by molar-refractivity contribution is 6.04. The van der Waals surface area contributed by atoms with Crippen LogP contribution in [0.1, 0.15) is 48.9 Å². The number of carbonyl (C=O) groups is 2. The van der Waals surface area contributed by atoms with E-state index in [0.29, 0.717) is 11.3 Å². The minimum atomic E-state index is -0.196. The van der Waals surface area contributed by atoms with Crippen molar-refractivity contribution in [3.05, 3.63) is 54.4 Å².